The first-order valence-electron chi connectivity index (χ1n) is 22.0. The molecule has 0 spiro atoms. The molecule has 0 unspecified atom stereocenters. The van der Waals surface area contributed by atoms with Crippen LogP contribution in [0.1, 0.15) is 233 Å². The smallest absolute Gasteiger partial charge is 0.351 e. The van der Waals surface area contributed by atoms with Gasteiger partial charge >= 0.3 is 23.9 Å². The van der Waals surface area contributed by atoms with Crippen molar-refractivity contribution in [1.82, 2.24) is 0 Å². The van der Waals surface area contributed by atoms with Crippen LogP contribution in [0, 0.1) is 0 Å². The Labute approximate surface area is 320 Å². The van der Waals surface area contributed by atoms with Crippen LogP contribution in [0.25, 0.3) is 0 Å². The molecule has 0 radical (unpaired) electrons. The van der Waals surface area contributed by atoms with Gasteiger partial charge in [0, 0.05) is 6.92 Å². The first kappa shape index (κ1) is 49.9. The van der Waals surface area contributed by atoms with E-state index in [0.29, 0.717) is 19.3 Å². The van der Waals surface area contributed by atoms with Gasteiger partial charge in [-0.15, -0.1) is 0 Å². The summed E-state index contributed by atoms with van der Waals surface area (Å²) in [4.78, 5) is 51.9. The number of ether oxygens (including phenoxy) is 4. The van der Waals surface area contributed by atoms with Gasteiger partial charge < -0.3 is 18.9 Å². The van der Waals surface area contributed by atoms with E-state index in [9.17, 15) is 19.2 Å². The van der Waals surface area contributed by atoms with Gasteiger partial charge in [-0.05, 0) is 19.3 Å². The van der Waals surface area contributed by atoms with Gasteiger partial charge in [0.25, 0.3) is 0 Å². The van der Waals surface area contributed by atoms with Gasteiger partial charge in [-0.2, -0.15) is 0 Å². The average Bonchev–Trinajstić information content (AvgIpc) is 3.11. The predicted molar refractivity (Wildman–Crippen MR) is 212 cm³/mol. The minimum atomic E-state index is -2.12. The van der Waals surface area contributed by atoms with Crippen LogP contribution >= 0.6 is 0 Å². The van der Waals surface area contributed by atoms with Crippen molar-refractivity contribution in [3.05, 3.63) is 0 Å². The molecule has 0 saturated carbocycles. The lowest BCUT2D eigenvalue weighted by Crippen LogP contribution is -2.48. The molecule has 306 valence electrons. The Bertz CT molecular complexity index is 817. The van der Waals surface area contributed by atoms with Crippen molar-refractivity contribution >= 4 is 23.9 Å². The Balaban J connectivity index is 4.94. The van der Waals surface area contributed by atoms with Crippen LogP contribution < -0.4 is 0 Å². The van der Waals surface area contributed by atoms with Crippen molar-refractivity contribution in [2.45, 2.75) is 239 Å². The van der Waals surface area contributed by atoms with Crippen LogP contribution in [0.15, 0.2) is 0 Å². The van der Waals surface area contributed by atoms with E-state index < -0.39 is 42.3 Å². The van der Waals surface area contributed by atoms with Gasteiger partial charge in [0.2, 0.25) is 5.60 Å². The summed E-state index contributed by atoms with van der Waals surface area (Å²) >= 11 is 0. The highest BCUT2D eigenvalue weighted by Gasteiger charge is 2.48. The Kier molecular flexibility index (Phi) is 35.7. The lowest BCUT2D eigenvalue weighted by molar-refractivity contribution is -0.190. The Hall–Kier alpha value is -2.12. The zero-order valence-corrected chi connectivity index (χ0v) is 34.5. The minimum Gasteiger partial charge on any atom is -0.466 e. The summed E-state index contributed by atoms with van der Waals surface area (Å²) in [5.41, 5.74) is -2.12. The highest BCUT2D eigenvalue weighted by molar-refractivity contribution is 5.92. The molecule has 0 aliphatic rings. The second-order valence-electron chi connectivity index (χ2n) is 15.1. The largest absolute Gasteiger partial charge is 0.466 e. The van der Waals surface area contributed by atoms with Crippen molar-refractivity contribution < 1.29 is 38.1 Å². The van der Waals surface area contributed by atoms with Crippen molar-refractivity contribution in [3.8, 4) is 0 Å². The fourth-order valence-corrected chi connectivity index (χ4v) is 6.60. The van der Waals surface area contributed by atoms with Gasteiger partial charge in [0.15, 0.2) is 0 Å². The Morgan fingerprint density at radius 3 is 0.885 bits per heavy atom. The molecule has 52 heavy (non-hydrogen) atoms. The van der Waals surface area contributed by atoms with Crippen LogP contribution in [0.2, 0.25) is 0 Å². The maximum absolute atomic E-state index is 13.5. The maximum atomic E-state index is 13.5. The first-order chi connectivity index (χ1) is 25.3. The summed E-state index contributed by atoms with van der Waals surface area (Å²) < 4.78 is 22.0. The van der Waals surface area contributed by atoms with Crippen LogP contribution in [-0.4, -0.2) is 49.3 Å². The molecule has 0 aromatic heterocycles. The van der Waals surface area contributed by atoms with Crippen molar-refractivity contribution in [1.29, 1.82) is 0 Å². The molecule has 0 heterocycles. The van der Waals surface area contributed by atoms with Crippen LogP contribution in [-0.2, 0) is 38.1 Å². The molecule has 8 heteroatoms. The fourth-order valence-electron chi connectivity index (χ4n) is 6.60. The van der Waals surface area contributed by atoms with Crippen molar-refractivity contribution in [3.63, 3.8) is 0 Å². The molecule has 0 aliphatic heterocycles. The van der Waals surface area contributed by atoms with E-state index >= 15 is 0 Å². The maximum Gasteiger partial charge on any atom is 0.351 e. The number of hydrogen-bond acceptors (Lipinski definition) is 8. The van der Waals surface area contributed by atoms with Crippen LogP contribution in [0.4, 0.5) is 0 Å². The van der Waals surface area contributed by atoms with Crippen LogP contribution in [0.5, 0.6) is 0 Å². The van der Waals surface area contributed by atoms with Gasteiger partial charge in [-0.25, -0.2) is 4.79 Å². The number of hydrogen-bond donors (Lipinski definition) is 0. The quantitative estimate of drug-likeness (QED) is 0.0349. The van der Waals surface area contributed by atoms with Crippen molar-refractivity contribution in [2.24, 2.45) is 0 Å². The molecule has 0 aromatic rings. The van der Waals surface area contributed by atoms with E-state index in [0.717, 1.165) is 51.9 Å². The van der Waals surface area contributed by atoms with Crippen molar-refractivity contribution in [2.75, 3.05) is 19.8 Å². The molecule has 0 fully saturated rings. The lowest BCUT2D eigenvalue weighted by Gasteiger charge is -2.29. The first-order valence-corrected chi connectivity index (χ1v) is 22.0. The number of carbonyl (C=O) groups is 4. The lowest BCUT2D eigenvalue weighted by atomic mass is 9.95. The van der Waals surface area contributed by atoms with Gasteiger partial charge in [-0.1, -0.05) is 194 Å². The Morgan fingerprint density at radius 1 is 0.365 bits per heavy atom. The number of esters is 4. The third-order valence-electron chi connectivity index (χ3n) is 9.82. The molecule has 0 N–H and O–H groups in total. The zero-order valence-electron chi connectivity index (χ0n) is 34.5. The second-order valence-corrected chi connectivity index (χ2v) is 15.1. The number of carbonyl (C=O) groups excluding carboxylic acids is 4. The molecular formula is C44H82O8. The van der Waals surface area contributed by atoms with E-state index in [1.165, 1.54) is 128 Å². The molecule has 0 rings (SSSR count). The second kappa shape index (κ2) is 37.2. The minimum absolute atomic E-state index is 0.125. The molecule has 0 saturated heterocycles. The van der Waals surface area contributed by atoms with Gasteiger partial charge in [-0.3, -0.25) is 14.4 Å². The summed E-state index contributed by atoms with van der Waals surface area (Å²) in [5.74, 6) is -3.07. The average molecular weight is 739 g/mol. The molecule has 8 nitrogen and oxygen atoms in total. The summed E-state index contributed by atoms with van der Waals surface area (Å²) in [5, 5.41) is 0. The fraction of sp³-hybridized carbons (Fsp3) is 0.909. The highest BCUT2D eigenvalue weighted by atomic mass is 16.6. The monoisotopic (exact) mass is 739 g/mol. The van der Waals surface area contributed by atoms with E-state index in [4.69, 9.17) is 18.9 Å². The highest BCUT2D eigenvalue weighted by Crippen LogP contribution is 2.26. The summed E-state index contributed by atoms with van der Waals surface area (Å²) in [6, 6.07) is 0. The normalized spacial score (nSPS) is 11.4. The van der Waals surface area contributed by atoms with E-state index in [2.05, 4.69) is 20.8 Å². The summed E-state index contributed by atoms with van der Waals surface area (Å²) in [6.45, 7) is 8.38. The SMILES string of the molecule is CCCCCCCCCCCCOC(=O)CC(CC(=O)OCCCCCCCCCCCC)(OC(C)=O)C(=O)OCCCCCCCCCCCC. The molecule has 0 aliphatic carbocycles. The van der Waals surface area contributed by atoms with E-state index in [-0.39, 0.29) is 19.8 Å². The van der Waals surface area contributed by atoms with E-state index in [1.807, 2.05) is 0 Å². The molecule has 0 atom stereocenters. The number of rotatable bonds is 39. The Morgan fingerprint density at radius 2 is 0.615 bits per heavy atom. The molecular weight excluding hydrogens is 656 g/mol. The zero-order chi connectivity index (χ0) is 38.4. The number of unbranched alkanes of at least 4 members (excludes halogenated alkanes) is 27. The third kappa shape index (κ3) is 31.4. The third-order valence-corrected chi connectivity index (χ3v) is 9.82. The topological polar surface area (TPSA) is 105 Å². The molecule has 0 aromatic carbocycles. The van der Waals surface area contributed by atoms with Gasteiger partial charge in [0.1, 0.15) is 0 Å². The van der Waals surface area contributed by atoms with E-state index in [1.54, 1.807) is 0 Å². The standard InChI is InChI=1S/C44H82O8/c1-5-8-11-14-17-20-23-26-29-32-35-49-41(46)38-44(52-40(4)45,43(48)51-37-34-31-28-25-22-19-16-13-10-7-3)39-42(47)50-36-33-30-27-24-21-18-15-12-9-6-2/h5-39H2,1-4H3. The van der Waals surface area contributed by atoms with Gasteiger partial charge in [0.05, 0.1) is 32.7 Å². The molecule has 0 amide bonds. The predicted octanol–water partition coefficient (Wildman–Crippen LogP) is 12.5. The van der Waals surface area contributed by atoms with Crippen LogP contribution in [0.3, 0.4) is 0 Å². The summed E-state index contributed by atoms with van der Waals surface area (Å²) in [7, 11) is 0. The molecule has 0 bridgehead atoms. The summed E-state index contributed by atoms with van der Waals surface area (Å²) in [6.07, 6.45) is 33.3.